The van der Waals surface area contributed by atoms with E-state index < -0.39 is 17.9 Å². The molecule has 0 radical (unpaired) electrons. The van der Waals surface area contributed by atoms with Crippen molar-refractivity contribution in [3.05, 3.63) is 29.5 Å². The zero-order chi connectivity index (χ0) is 23.0. The maximum Gasteiger partial charge on any atom is 0.331 e. The second-order valence-electron chi connectivity index (χ2n) is 7.55. The Hall–Kier alpha value is -3.03. The topological polar surface area (TPSA) is 96.4 Å². The molecular weight excluding hydrogens is 400 g/mol. The number of ether oxygens (including phenoxy) is 2. The highest BCUT2D eigenvalue weighted by Gasteiger charge is 2.41. The monoisotopic (exact) mass is 432 g/mol. The Morgan fingerprint density at radius 2 is 1.84 bits per heavy atom. The van der Waals surface area contributed by atoms with Gasteiger partial charge in [-0.15, -0.1) is 0 Å². The predicted octanol–water partition coefficient (Wildman–Crippen LogP) is 4.00. The molecule has 170 valence electrons. The van der Waals surface area contributed by atoms with E-state index in [4.69, 9.17) is 14.6 Å². The minimum Gasteiger partial charge on any atom is -0.493 e. The number of carbonyl (C=O) groups excluding carboxylic acids is 2. The van der Waals surface area contributed by atoms with Crippen molar-refractivity contribution in [3.63, 3.8) is 0 Å². The molecule has 1 aromatic rings. The number of imide groups is 1. The highest BCUT2D eigenvalue weighted by atomic mass is 16.5. The van der Waals surface area contributed by atoms with Crippen molar-refractivity contribution in [2.45, 2.75) is 46.0 Å². The van der Waals surface area contributed by atoms with Gasteiger partial charge in [0.2, 0.25) is 0 Å². The fourth-order valence-electron chi connectivity index (χ4n) is 3.59. The Balaban J connectivity index is 2.40. The van der Waals surface area contributed by atoms with Crippen LogP contribution in [0.4, 0.5) is 4.79 Å². The number of amides is 3. The van der Waals surface area contributed by atoms with Crippen molar-refractivity contribution in [1.29, 1.82) is 0 Å². The summed E-state index contributed by atoms with van der Waals surface area (Å²) >= 11 is 0. The zero-order valence-electron chi connectivity index (χ0n) is 18.7. The summed E-state index contributed by atoms with van der Waals surface area (Å²) in [6.07, 6.45) is 5.31. The van der Waals surface area contributed by atoms with Gasteiger partial charge in [0, 0.05) is 13.1 Å². The first kappa shape index (κ1) is 24.2. The first-order valence-corrected chi connectivity index (χ1v) is 10.6. The van der Waals surface area contributed by atoms with Gasteiger partial charge in [0.1, 0.15) is 5.70 Å². The number of hydrogen-bond donors (Lipinski definition) is 1. The largest absolute Gasteiger partial charge is 0.493 e. The molecule has 1 saturated heterocycles. The molecule has 1 N–H and O–H groups in total. The lowest BCUT2D eigenvalue weighted by Gasteiger charge is -2.23. The van der Waals surface area contributed by atoms with E-state index in [1.165, 1.54) is 12.0 Å². The van der Waals surface area contributed by atoms with Gasteiger partial charge in [0.15, 0.2) is 11.5 Å². The maximum atomic E-state index is 13.1. The molecule has 8 heteroatoms. The number of methoxy groups -OCH3 is 2. The molecule has 1 unspecified atom stereocenters. The third-order valence-corrected chi connectivity index (χ3v) is 5.46. The van der Waals surface area contributed by atoms with Gasteiger partial charge >= 0.3 is 12.0 Å². The summed E-state index contributed by atoms with van der Waals surface area (Å²) in [5.74, 6) is -0.212. The number of nitrogens with zero attached hydrogens (tertiary/aromatic N) is 2. The fourth-order valence-corrected chi connectivity index (χ4v) is 3.59. The molecule has 1 fully saturated rings. The van der Waals surface area contributed by atoms with Crippen LogP contribution in [-0.4, -0.2) is 60.1 Å². The van der Waals surface area contributed by atoms with Crippen molar-refractivity contribution < 1.29 is 29.0 Å². The van der Waals surface area contributed by atoms with Gasteiger partial charge in [-0.1, -0.05) is 39.2 Å². The van der Waals surface area contributed by atoms with Gasteiger partial charge in [-0.05, 0) is 36.1 Å². The highest BCUT2D eigenvalue weighted by molar-refractivity contribution is 6.14. The molecule has 0 bridgehead atoms. The van der Waals surface area contributed by atoms with Crippen LogP contribution in [0.5, 0.6) is 11.5 Å². The summed E-state index contributed by atoms with van der Waals surface area (Å²) in [7, 11) is 3.07. The van der Waals surface area contributed by atoms with Crippen LogP contribution in [0, 0.1) is 5.92 Å². The van der Waals surface area contributed by atoms with Crippen LogP contribution in [0.2, 0.25) is 0 Å². The average molecular weight is 433 g/mol. The van der Waals surface area contributed by atoms with Crippen LogP contribution in [-0.2, 0) is 9.59 Å². The molecule has 0 saturated carbocycles. The summed E-state index contributed by atoms with van der Waals surface area (Å²) in [6, 6.07) is 4.77. The standard InChI is InChI=1S/C23H32N2O6/c1-5-7-8-16(6-2)15-25-18(22(28)24(23(25)29)12-11-21(26)27)13-17-9-10-19(30-3)20(14-17)31-4/h9-10,13-14,16H,5-8,11-12,15H2,1-4H3,(H,26,27). The smallest absolute Gasteiger partial charge is 0.331 e. The van der Waals surface area contributed by atoms with Gasteiger partial charge in [-0.3, -0.25) is 19.4 Å². The minimum atomic E-state index is -1.06. The zero-order valence-corrected chi connectivity index (χ0v) is 18.7. The molecule has 31 heavy (non-hydrogen) atoms. The van der Waals surface area contributed by atoms with Crippen LogP contribution in [0.3, 0.4) is 0 Å². The first-order chi connectivity index (χ1) is 14.9. The molecule has 0 aliphatic carbocycles. The lowest BCUT2D eigenvalue weighted by Crippen LogP contribution is -2.36. The molecule has 1 aliphatic heterocycles. The molecule has 2 rings (SSSR count). The van der Waals surface area contributed by atoms with Crippen molar-refractivity contribution in [2.24, 2.45) is 5.92 Å². The molecule has 1 heterocycles. The SMILES string of the molecule is CCCCC(CC)CN1C(=O)N(CCC(=O)O)C(=O)C1=Cc1ccc(OC)c(OC)c1. The summed E-state index contributed by atoms with van der Waals surface area (Å²) < 4.78 is 10.6. The van der Waals surface area contributed by atoms with E-state index in [1.54, 1.807) is 31.4 Å². The lowest BCUT2D eigenvalue weighted by molar-refractivity contribution is -0.137. The third-order valence-electron chi connectivity index (χ3n) is 5.46. The molecule has 0 aromatic heterocycles. The van der Waals surface area contributed by atoms with E-state index >= 15 is 0 Å². The van der Waals surface area contributed by atoms with Crippen molar-refractivity contribution in [2.75, 3.05) is 27.3 Å². The Bertz CT molecular complexity index is 835. The molecule has 1 aliphatic rings. The molecule has 1 aromatic carbocycles. The normalized spacial score (nSPS) is 16.2. The molecule has 8 nitrogen and oxygen atoms in total. The molecule has 3 amide bonds. The van der Waals surface area contributed by atoms with Gasteiger partial charge in [0.25, 0.3) is 5.91 Å². The number of rotatable bonds is 12. The Morgan fingerprint density at radius 3 is 2.42 bits per heavy atom. The number of unbranched alkanes of at least 4 members (excludes halogenated alkanes) is 1. The van der Waals surface area contributed by atoms with E-state index in [0.717, 1.165) is 30.6 Å². The number of carboxylic acid groups (broad SMARTS) is 1. The molecule has 1 atom stereocenters. The molecular formula is C23H32N2O6. The van der Waals surface area contributed by atoms with E-state index in [0.29, 0.717) is 23.6 Å². The van der Waals surface area contributed by atoms with Crippen molar-refractivity contribution >= 4 is 24.0 Å². The second kappa shape index (κ2) is 11.4. The molecule has 0 spiro atoms. The van der Waals surface area contributed by atoms with Crippen LogP contribution in [0.25, 0.3) is 6.08 Å². The Morgan fingerprint density at radius 1 is 1.13 bits per heavy atom. The van der Waals surface area contributed by atoms with Crippen LogP contribution in [0.1, 0.15) is 51.5 Å². The van der Waals surface area contributed by atoms with Gasteiger partial charge in [0.05, 0.1) is 20.6 Å². The second-order valence-corrected chi connectivity index (χ2v) is 7.55. The number of aliphatic carboxylic acids is 1. The van der Waals surface area contributed by atoms with Crippen molar-refractivity contribution in [1.82, 2.24) is 9.80 Å². The number of carboxylic acids is 1. The van der Waals surface area contributed by atoms with E-state index in [9.17, 15) is 14.4 Å². The minimum absolute atomic E-state index is 0.154. The summed E-state index contributed by atoms with van der Waals surface area (Å²) in [5.41, 5.74) is 0.929. The van der Waals surface area contributed by atoms with Crippen LogP contribution >= 0.6 is 0 Å². The van der Waals surface area contributed by atoms with E-state index in [1.807, 2.05) is 0 Å². The third kappa shape index (κ3) is 5.99. The number of hydrogen-bond acceptors (Lipinski definition) is 5. The van der Waals surface area contributed by atoms with Gasteiger partial charge in [-0.2, -0.15) is 0 Å². The number of urea groups is 1. The van der Waals surface area contributed by atoms with Crippen LogP contribution < -0.4 is 9.47 Å². The van der Waals surface area contributed by atoms with Crippen LogP contribution in [0.15, 0.2) is 23.9 Å². The van der Waals surface area contributed by atoms with E-state index in [-0.39, 0.29) is 24.6 Å². The average Bonchev–Trinajstić information content (AvgIpc) is 2.98. The first-order valence-electron chi connectivity index (χ1n) is 10.6. The highest BCUT2D eigenvalue weighted by Crippen LogP contribution is 2.31. The lowest BCUT2D eigenvalue weighted by atomic mass is 9.98. The Labute approximate surface area is 183 Å². The predicted molar refractivity (Wildman–Crippen MR) is 117 cm³/mol. The summed E-state index contributed by atoms with van der Waals surface area (Å²) in [5, 5.41) is 9.00. The fraction of sp³-hybridized carbons (Fsp3) is 0.522. The van der Waals surface area contributed by atoms with Gasteiger partial charge in [-0.25, -0.2) is 4.79 Å². The Kier molecular flexibility index (Phi) is 8.90. The number of benzene rings is 1. The summed E-state index contributed by atoms with van der Waals surface area (Å²) in [4.78, 5) is 39.6. The van der Waals surface area contributed by atoms with E-state index in [2.05, 4.69) is 13.8 Å². The quantitative estimate of drug-likeness (QED) is 0.396. The number of carbonyl (C=O) groups is 3. The van der Waals surface area contributed by atoms with Crippen molar-refractivity contribution in [3.8, 4) is 11.5 Å². The van der Waals surface area contributed by atoms with Gasteiger partial charge < -0.3 is 14.6 Å². The maximum absolute atomic E-state index is 13.1. The summed E-state index contributed by atoms with van der Waals surface area (Å²) in [6.45, 7) is 4.46.